The third-order valence-corrected chi connectivity index (χ3v) is 4.20. The van der Waals surface area contributed by atoms with Crippen molar-refractivity contribution in [3.05, 3.63) is 42.0 Å². The second-order valence-electron chi connectivity index (χ2n) is 5.40. The molecule has 1 saturated heterocycles. The average molecular weight is 284 g/mol. The number of imide groups is 1. The van der Waals surface area contributed by atoms with Crippen LogP contribution in [-0.4, -0.2) is 22.7 Å². The van der Waals surface area contributed by atoms with Gasteiger partial charge in [-0.25, -0.2) is 0 Å². The number of anilines is 1. The molecule has 1 aromatic carbocycles. The standard InChI is InChI=1S/C16H16N2O3/c1-10(17-21)11-6-8-12(9-7-11)18-15(19)13-4-2-3-5-14(13)16(18)20/h2-3,6-9,13-14,21H,4-5H2,1H3/b17-10+. The Kier molecular flexibility index (Phi) is 3.33. The Hall–Kier alpha value is -2.43. The van der Waals surface area contributed by atoms with Crippen LogP contribution in [0.25, 0.3) is 0 Å². The van der Waals surface area contributed by atoms with Crippen LogP contribution < -0.4 is 4.90 Å². The third-order valence-electron chi connectivity index (χ3n) is 4.20. The van der Waals surface area contributed by atoms with Gasteiger partial charge in [-0.05, 0) is 37.5 Å². The van der Waals surface area contributed by atoms with E-state index in [0.717, 1.165) is 5.56 Å². The molecule has 2 amide bonds. The van der Waals surface area contributed by atoms with Gasteiger partial charge in [0.2, 0.25) is 11.8 Å². The van der Waals surface area contributed by atoms with Gasteiger partial charge in [-0.2, -0.15) is 0 Å². The molecule has 0 bridgehead atoms. The lowest BCUT2D eigenvalue weighted by atomic mass is 9.85. The molecule has 108 valence electrons. The fraction of sp³-hybridized carbons (Fsp3) is 0.312. The van der Waals surface area contributed by atoms with Gasteiger partial charge >= 0.3 is 0 Å². The molecule has 1 aliphatic carbocycles. The van der Waals surface area contributed by atoms with E-state index in [1.807, 2.05) is 12.2 Å². The third kappa shape index (κ3) is 2.14. The first-order valence-electron chi connectivity index (χ1n) is 6.95. The molecular formula is C16H16N2O3. The first-order chi connectivity index (χ1) is 10.1. The van der Waals surface area contributed by atoms with Crippen LogP contribution >= 0.6 is 0 Å². The maximum absolute atomic E-state index is 12.4. The van der Waals surface area contributed by atoms with E-state index in [0.29, 0.717) is 24.2 Å². The number of fused-ring (bicyclic) bond motifs is 1. The molecule has 21 heavy (non-hydrogen) atoms. The highest BCUT2D eigenvalue weighted by atomic mass is 16.4. The van der Waals surface area contributed by atoms with Gasteiger partial charge in [0.1, 0.15) is 0 Å². The number of hydrogen-bond acceptors (Lipinski definition) is 4. The van der Waals surface area contributed by atoms with Crippen molar-refractivity contribution in [3.8, 4) is 0 Å². The molecule has 0 aromatic heterocycles. The van der Waals surface area contributed by atoms with Crippen LogP contribution in [0.3, 0.4) is 0 Å². The molecule has 1 N–H and O–H groups in total. The van der Waals surface area contributed by atoms with E-state index in [4.69, 9.17) is 5.21 Å². The molecule has 0 radical (unpaired) electrons. The summed E-state index contributed by atoms with van der Waals surface area (Å²) in [5.41, 5.74) is 1.81. The first-order valence-corrected chi connectivity index (χ1v) is 6.95. The van der Waals surface area contributed by atoms with E-state index in [1.54, 1.807) is 31.2 Å². The summed E-state index contributed by atoms with van der Waals surface area (Å²) in [6, 6.07) is 6.91. The second kappa shape index (κ2) is 5.16. The summed E-state index contributed by atoms with van der Waals surface area (Å²) in [6.07, 6.45) is 5.22. The fourth-order valence-corrected chi connectivity index (χ4v) is 2.96. The number of carbonyl (C=O) groups excluding carboxylic acids is 2. The summed E-state index contributed by atoms with van der Waals surface area (Å²) < 4.78 is 0. The fourth-order valence-electron chi connectivity index (χ4n) is 2.96. The van der Waals surface area contributed by atoms with Gasteiger partial charge in [0.15, 0.2) is 0 Å². The molecule has 2 unspecified atom stereocenters. The van der Waals surface area contributed by atoms with E-state index in [9.17, 15) is 9.59 Å². The molecule has 1 aromatic rings. The highest BCUT2D eigenvalue weighted by Gasteiger charge is 2.47. The van der Waals surface area contributed by atoms with Crippen molar-refractivity contribution in [1.82, 2.24) is 0 Å². The molecule has 0 spiro atoms. The van der Waals surface area contributed by atoms with Gasteiger partial charge in [0.25, 0.3) is 0 Å². The lowest BCUT2D eigenvalue weighted by Crippen LogP contribution is -2.30. The van der Waals surface area contributed by atoms with Gasteiger partial charge in [-0.3, -0.25) is 14.5 Å². The van der Waals surface area contributed by atoms with Crippen LogP contribution in [0.15, 0.2) is 41.6 Å². The Morgan fingerprint density at radius 3 is 2.10 bits per heavy atom. The molecule has 3 rings (SSSR count). The normalized spacial score (nSPS) is 25.4. The summed E-state index contributed by atoms with van der Waals surface area (Å²) >= 11 is 0. The molecule has 0 saturated carbocycles. The Bertz CT molecular complexity index is 620. The lowest BCUT2D eigenvalue weighted by molar-refractivity contribution is -0.122. The molecule has 5 nitrogen and oxygen atoms in total. The number of rotatable bonds is 2. The van der Waals surface area contributed by atoms with Gasteiger partial charge in [-0.1, -0.05) is 29.4 Å². The topological polar surface area (TPSA) is 70.0 Å². The summed E-state index contributed by atoms with van der Waals surface area (Å²) in [5.74, 6) is -0.671. The monoisotopic (exact) mass is 284 g/mol. The second-order valence-corrected chi connectivity index (χ2v) is 5.40. The SMILES string of the molecule is C/C(=N\O)c1ccc(N2C(=O)C3CC=CCC3C2=O)cc1. The van der Waals surface area contributed by atoms with Crippen LogP contribution in [0.1, 0.15) is 25.3 Å². The zero-order chi connectivity index (χ0) is 15.0. The van der Waals surface area contributed by atoms with Crippen molar-refractivity contribution >= 4 is 23.2 Å². The number of benzene rings is 1. The van der Waals surface area contributed by atoms with E-state index in [2.05, 4.69) is 5.16 Å². The van der Waals surface area contributed by atoms with E-state index < -0.39 is 0 Å². The van der Waals surface area contributed by atoms with Gasteiger partial charge in [-0.15, -0.1) is 0 Å². The van der Waals surface area contributed by atoms with Gasteiger partial charge in [0.05, 0.1) is 23.2 Å². The highest BCUT2D eigenvalue weighted by Crippen LogP contribution is 2.37. The van der Waals surface area contributed by atoms with Crippen molar-refractivity contribution in [2.24, 2.45) is 17.0 Å². The van der Waals surface area contributed by atoms with Crippen molar-refractivity contribution in [1.29, 1.82) is 0 Å². The van der Waals surface area contributed by atoms with E-state index in [1.165, 1.54) is 4.90 Å². The maximum Gasteiger partial charge on any atom is 0.238 e. The summed E-state index contributed by atoms with van der Waals surface area (Å²) in [7, 11) is 0. The van der Waals surface area contributed by atoms with Crippen LogP contribution in [0.4, 0.5) is 5.69 Å². The van der Waals surface area contributed by atoms with Crippen LogP contribution in [0.2, 0.25) is 0 Å². The number of amides is 2. The largest absolute Gasteiger partial charge is 0.411 e. The number of hydrogen-bond donors (Lipinski definition) is 1. The molecule has 1 aliphatic heterocycles. The van der Waals surface area contributed by atoms with E-state index >= 15 is 0 Å². The summed E-state index contributed by atoms with van der Waals surface area (Å²) in [4.78, 5) is 26.2. The minimum Gasteiger partial charge on any atom is -0.411 e. The van der Waals surface area contributed by atoms with Crippen LogP contribution in [0.5, 0.6) is 0 Å². The molecule has 1 fully saturated rings. The Morgan fingerprint density at radius 1 is 1.10 bits per heavy atom. The van der Waals surface area contributed by atoms with E-state index in [-0.39, 0.29) is 23.7 Å². The summed E-state index contributed by atoms with van der Waals surface area (Å²) in [5, 5.41) is 11.9. The first kappa shape index (κ1) is 13.5. The van der Waals surface area contributed by atoms with Crippen molar-refractivity contribution in [3.63, 3.8) is 0 Å². The number of allylic oxidation sites excluding steroid dienone is 2. The van der Waals surface area contributed by atoms with Gasteiger partial charge < -0.3 is 5.21 Å². The number of carbonyl (C=O) groups is 2. The number of nitrogens with zero attached hydrogens (tertiary/aromatic N) is 2. The van der Waals surface area contributed by atoms with Crippen LogP contribution in [0, 0.1) is 11.8 Å². The lowest BCUT2D eigenvalue weighted by Gasteiger charge is -2.15. The highest BCUT2D eigenvalue weighted by molar-refractivity contribution is 6.22. The quantitative estimate of drug-likeness (QED) is 0.298. The van der Waals surface area contributed by atoms with Crippen molar-refractivity contribution in [2.45, 2.75) is 19.8 Å². The predicted octanol–water partition coefficient (Wildman–Crippen LogP) is 2.34. The zero-order valence-corrected chi connectivity index (χ0v) is 11.7. The molecule has 1 heterocycles. The molecule has 2 atom stereocenters. The molecular weight excluding hydrogens is 268 g/mol. The molecule has 5 heteroatoms. The maximum atomic E-state index is 12.4. The Labute approximate surface area is 122 Å². The van der Waals surface area contributed by atoms with Crippen LogP contribution in [-0.2, 0) is 9.59 Å². The van der Waals surface area contributed by atoms with Crippen molar-refractivity contribution < 1.29 is 14.8 Å². The minimum atomic E-state index is -0.220. The van der Waals surface area contributed by atoms with Crippen molar-refractivity contribution in [2.75, 3.05) is 4.90 Å². The number of oxime groups is 1. The zero-order valence-electron chi connectivity index (χ0n) is 11.7. The Morgan fingerprint density at radius 2 is 1.62 bits per heavy atom. The molecule has 2 aliphatic rings. The smallest absolute Gasteiger partial charge is 0.238 e. The minimum absolute atomic E-state index is 0.116. The Balaban J connectivity index is 1.90. The summed E-state index contributed by atoms with van der Waals surface area (Å²) in [6.45, 7) is 1.68. The average Bonchev–Trinajstić information content (AvgIpc) is 2.79. The predicted molar refractivity (Wildman–Crippen MR) is 78.3 cm³/mol. The van der Waals surface area contributed by atoms with Gasteiger partial charge in [0, 0.05) is 0 Å².